The van der Waals surface area contributed by atoms with Crippen molar-refractivity contribution in [2.45, 2.75) is 6.54 Å². The predicted octanol–water partition coefficient (Wildman–Crippen LogP) is 4.28. The summed E-state index contributed by atoms with van der Waals surface area (Å²) in [4.78, 5) is 10.9. The molecule has 0 radical (unpaired) electrons. The van der Waals surface area contributed by atoms with Crippen molar-refractivity contribution in [1.82, 2.24) is 0 Å². The molecule has 2 aromatic rings. The number of aromatic carboxylic acids is 1. The normalized spacial score (nSPS) is 9.95. The maximum atomic E-state index is 10.9. The van der Waals surface area contributed by atoms with Crippen LogP contribution in [0.2, 0.25) is 5.02 Å². The molecule has 0 fully saturated rings. The SMILES string of the molecule is N#Cc1ccc(Cl)cc1NCc1ccc(C(=O)O)cc1Br. The van der Waals surface area contributed by atoms with Crippen molar-refractivity contribution in [2.24, 2.45) is 0 Å². The summed E-state index contributed by atoms with van der Waals surface area (Å²) in [6.45, 7) is 0.440. The number of carboxylic acids is 1. The minimum atomic E-state index is -0.975. The average molecular weight is 366 g/mol. The van der Waals surface area contributed by atoms with Gasteiger partial charge in [0.15, 0.2) is 0 Å². The van der Waals surface area contributed by atoms with Gasteiger partial charge in [-0.2, -0.15) is 5.26 Å². The highest BCUT2D eigenvalue weighted by atomic mass is 79.9. The van der Waals surface area contributed by atoms with Gasteiger partial charge in [-0.05, 0) is 35.9 Å². The highest BCUT2D eigenvalue weighted by Crippen LogP contribution is 2.23. The lowest BCUT2D eigenvalue weighted by Gasteiger charge is -2.10. The molecule has 0 aliphatic carbocycles. The zero-order valence-corrected chi connectivity index (χ0v) is 13.1. The van der Waals surface area contributed by atoms with Crippen molar-refractivity contribution in [3.05, 3.63) is 62.6 Å². The third kappa shape index (κ3) is 3.75. The molecule has 0 aliphatic rings. The summed E-state index contributed by atoms with van der Waals surface area (Å²) in [6, 6.07) is 11.9. The minimum Gasteiger partial charge on any atom is -0.478 e. The molecule has 4 nitrogen and oxygen atoms in total. The van der Waals surface area contributed by atoms with Gasteiger partial charge in [-0.3, -0.25) is 0 Å². The van der Waals surface area contributed by atoms with Crippen LogP contribution in [0.3, 0.4) is 0 Å². The van der Waals surface area contributed by atoms with Crippen LogP contribution >= 0.6 is 27.5 Å². The van der Waals surface area contributed by atoms with Crippen LogP contribution in [0.1, 0.15) is 21.5 Å². The quantitative estimate of drug-likeness (QED) is 0.848. The number of nitrogens with one attached hydrogen (secondary N) is 1. The smallest absolute Gasteiger partial charge is 0.335 e. The number of rotatable bonds is 4. The van der Waals surface area contributed by atoms with Crippen LogP contribution < -0.4 is 5.32 Å². The number of carboxylic acid groups (broad SMARTS) is 1. The van der Waals surface area contributed by atoms with Gasteiger partial charge in [-0.1, -0.05) is 33.6 Å². The van der Waals surface area contributed by atoms with Crippen molar-refractivity contribution in [3.63, 3.8) is 0 Å². The Balaban J connectivity index is 2.19. The van der Waals surface area contributed by atoms with Crippen molar-refractivity contribution >= 4 is 39.2 Å². The topological polar surface area (TPSA) is 73.1 Å². The van der Waals surface area contributed by atoms with Gasteiger partial charge < -0.3 is 10.4 Å². The average Bonchev–Trinajstić information content (AvgIpc) is 2.46. The lowest BCUT2D eigenvalue weighted by molar-refractivity contribution is 0.0697. The molecule has 0 saturated heterocycles. The highest BCUT2D eigenvalue weighted by Gasteiger charge is 2.08. The molecule has 0 aromatic heterocycles. The van der Waals surface area contributed by atoms with Crippen molar-refractivity contribution in [1.29, 1.82) is 5.26 Å². The van der Waals surface area contributed by atoms with Crippen LogP contribution in [0.25, 0.3) is 0 Å². The zero-order valence-electron chi connectivity index (χ0n) is 10.7. The number of nitrogens with zero attached hydrogens (tertiary/aromatic N) is 1. The standard InChI is InChI=1S/C15H10BrClN2O2/c16-13-5-9(15(20)21)1-2-11(13)8-19-14-6-12(17)4-3-10(14)7-18/h1-6,19H,8H2,(H,20,21). The fourth-order valence-corrected chi connectivity index (χ4v) is 2.47. The van der Waals surface area contributed by atoms with E-state index in [-0.39, 0.29) is 5.56 Å². The fourth-order valence-electron chi connectivity index (χ4n) is 1.77. The van der Waals surface area contributed by atoms with E-state index >= 15 is 0 Å². The molecule has 106 valence electrons. The molecule has 2 aromatic carbocycles. The molecule has 0 amide bonds. The Hall–Kier alpha value is -2.03. The molecule has 0 spiro atoms. The van der Waals surface area contributed by atoms with Crippen molar-refractivity contribution < 1.29 is 9.90 Å². The van der Waals surface area contributed by atoms with Crippen LogP contribution in [0.15, 0.2) is 40.9 Å². The van der Waals surface area contributed by atoms with Gasteiger partial charge in [0.1, 0.15) is 6.07 Å². The lowest BCUT2D eigenvalue weighted by Crippen LogP contribution is -2.03. The molecule has 2 rings (SSSR count). The van der Waals surface area contributed by atoms with Gasteiger partial charge in [-0.15, -0.1) is 0 Å². The first kappa shape index (κ1) is 15.4. The van der Waals surface area contributed by atoms with E-state index in [1.54, 1.807) is 30.3 Å². The second kappa shape index (κ2) is 6.61. The molecule has 0 saturated carbocycles. The van der Waals surface area contributed by atoms with Crippen molar-refractivity contribution in [2.75, 3.05) is 5.32 Å². The summed E-state index contributed by atoms with van der Waals surface area (Å²) >= 11 is 9.26. The number of hydrogen-bond acceptors (Lipinski definition) is 3. The van der Waals surface area contributed by atoms with E-state index in [4.69, 9.17) is 22.0 Å². The molecule has 0 atom stereocenters. The van der Waals surface area contributed by atoms with Crippen LogP contribution in [-0.4, -0.2) is 11.1 Å². The van der Waals surface area contributed by atoms with E-state index in [2.05, 4.69) is 27.3 Å². The maximum Gasteiger partial charge on any atom is 0.335 e. The lowest BCUT2D eigenvalue weighted by atomic mass is 10.1. The number of nitriles is 1. The molecule has 0 aliphatic heterocycles. The van der Waals surface area contributed by atoms with E-state index in [1.807, 2.05) is 0 Å². The molecule has 0 unspecified atom stereocenters. The monoisotopic (exact) mass is 364 g/mol. The first-order chi connectivity index (χ1) is 10.0. The second-order valence-electron chi connectivity index (χ2n) is 4.27. The van der Waals surface area contributed by atoms with E-state index in [0.717, 1.165) is 5.56 Å². The molecular formula is C15H10BrClN2O2. The molecule has 2 N–H and O–H groups in total. The number of hydrogen-bond donors (Lipinski definition) is 2. The largest absolute Gasteiger partial charge is 0.478 e. The molecule has 6 heteroatoms. The Bertz CT molecular complexity index is 741. The summed E-state index contributed by atoms with van der Waals surface area (Å²) < 4.78 is 0.690. The molecule has 21 heavy (non-hydrogen) atoms. The zero-order chi connectivity index (χ0) is 15.4. The van der Waals surface area contributed by atoms with Crippen LogP contribution in [0, 0.1) is 11.3 Å². The van der Waals surface area contributed by atoms with Crippen LogP contribution in [0.5, 0.6) is 0 Å². The number of halogens is 2. The van der Waals surface area contributed by atoms with Gasteiger partial charge in [0.2, 0.25) is 0 Å². The van der Waals surface area contributed by atoms with Crippen molar-refractivity contribution in [3.8, 4) is 6.07 Å². The summed E-state index contributed by atoms with van der Waals surface area (Å²) in [5, 5.41) is 21.6. The van der Waals surface area contributed by atoms with E-state index < -0.39 is 5.97 Å². The Kier molecular flexibility index (Phi) is 4.84. The summed E-state index contributed by atoms with van der Waals surface area (Å²) in [5.41, 5.74) is 2.23. The summed E-state index contributed by atoms with van der Waals surface area (Å²) in [5.74, 6) is -0.975. The third-order valence-corrected chi connectivity index (χ3v) is 3.84. The maximum absolute atomic E-state index is 10.9. The second-order valence-corrected chi connectivity index (χ2v) is 5.56. The summed E-state index contributed by atoms with van der Waals surface area (Å²) in [6.07, 6.45) is 0. The van der Waals surface area contributed by atoms with Gasteiger partial charge in [0.25, 0.3) is 0 Å². The highest BCUT2D eigenvalue weighted by molar-refractivity contribution is 9.10. The number of anilines is 1. The Morgan fingerprint density at radius 3 is 2.71 bits per heavy atom. The fraction of sp³-hybridized carbons (Fsp3) is 0.0667. The molecule has 0 bridgehead atoms. The predicted molar refractivity (Wildman–Crippen MR) is 84.6 cm³/mol. The Morgan fingerprint density at radius 1 is 1.33 bits per heavy atom. The third-order valence-electron chi connectivity index (χ3n) is 2.87. The first-order valence-corrected chi connectivity index (χ1v) is 7.13. The Morgan fingerprint density at radius 2 is 2.10 bits per heavy atom. The van der Waals surface area contributed by atoms with E-state index in [9.17, 15) is 4.79 Å². The van der Waals surface area contributed by atoms with Gasteiger partial charge in [-0.25, -0.2) is 4.79 Å². The van der Waals surface area contributed by atoms with E-state index in [1.165, 1.54) is 6.07 Å². The van der Waals surface area contributed by atoms with Crippen LogP contribution in [0.4, 0.5) is 5.69 Å². The first-order valence-electron chi connectivity index (χ1n) is 5.96. The molecule has 0 heterocycles. The summed E-state index contributed by atoms with van der Waals surface area (Å²) in [7, 11) is 0. The van der Waals surface area contributed by atoms with Crippen LogP contribution in [-0.2, 0) is 6.54 Å². The van der Waals surface area contributed by atoms with Gasteiger partial charge in [0.05, 0.1) is 16.8 Å². The number of benzene rings is 2. The van der Waals surface area contributed by atoms with Gasteiger partial charge in [0, 0.05) is 16.0 Å². The molecular weight excluding hydrogens is 356 g/mol. The number of carbonyl (C=O) groups is 1. The van der Waals surface area contributed by atoms with Gasteiger partial charge >= 0.3 is 5.97 Å². The Labute approximate surface area is 135 Å². The van der Waals surface area contributed by atoms with E-state index in [0.29, 0.717) is 27.3 Å². The minimum absolute atomic E-state index is 0.214.